The van der Waals surface area contributed by atoms with Crippen molar-refractivity contribution in [1.82, 2.24) is 19.5 Å². The van der Waals surface area contributed by atoms with Gasteiger partial charge in [-0.2, -0.15) is 9.97 Å². The van der Waals surface area contributed by atoms with Gasteiger partial charge in [0.1, 0.15) is 12.9 Å². The van der Waals surface area contributed by atoms with E-state index in [4.69, 9.17) is 23.4 Å². The Labute approximate surface area is 412 Å². The molecule has 0 bridgehead atoms. The van der Waals surface area contributed by atoms with Crippen molar-refractivity contribution in [2.45, 2.75) is 70.9 Å². The lowest BCUT2D eigenvalue weighted by Crippen LogP contribution is -2.66. The van der Waals surface area contributed by atoms with E-state index in [-0.39, 0.29) is 59.4 Å². The summed E-state index contributed by atoms with van der Waals surface area (Å²) >= 11 is 0. The van der Waals surface area contributed by atoms with Gasteiger partial charge in [0.15, 0.2) is 23.5 Å². The van der Waals surface area contributed by atoms with Gasteiger partial charge >= 0.3 is 11.9 Å². The van der Waals surface area contributed by atoms with Crippen LogP contribution in [0.15, 0.2) is 152 Å². The van der Waals surface area contributed by atoms with E-state index in [1.54, 1.807) is 91.2 Å². The van der Waals surface area contributed by atoms with Crippen LogP contribution in [0.3, 0.4) is 0 Å². The van der Waals surface area contributed by atoms with Gasteiger partial charge in [0, 0.05) is 31.1 Å². The van der Waals surface area contributed by atoms with Gasteiger partial charge in [-0.25, -0.2) is 14.6 Å². The fourth-order valence-corrected chi connectivity index (χ4v) is 13.5. The largest absolute Gasteiger partial charge is 0.476 e. The Kier molecular flexibility index (Phi) is 15.4. The summed E-state index contributed by atoms with van der Waals surface area (Å²) in [5.74, 6) is -2.68. The van der Waals surface area contributed by atoms with Crippen LogP contribution < -0.4 is 20.4 Å². The number of aromatic nitrogens is 4. The molecule has 0 unspecified atom stereocenters. The smallest absolute Gasteiger partial charge is 0.338 e. The highest BCUT2D eigenvalue weighted by Gasteiger charge is 2.52. The third-order valence-corrected chi connectivity index (χ3v) is 17.6. The number of rotatable bonds is 19. The number of amides is 1. The van der Waals surface area contributed by atoms with Crippen molar-refractivity contribution in [3.63, 3.8) is 0 Å². The van der Waals surface area contributed by atoms with Crippen LogP contribution >= 0.6 is 0 Å². The summed E-state index contributed by atoms with van der Waals surface area (Å²) in [6.45, 7) is 10.1. The van der Waals surface area contributed by atoms with Crippen molar-refractivity contribution in [1.29, 1.82) is 0 Å². The molecule has 2 aromatic heterocycles. The topological polar surface area (TPSA) is 196 Å². The van der Waals surface area contributed by atoms with Gasteiger partial charge < -0.3 is 23.4 Å². The van der Waals surface area contributed by atoms with Crippen LogP contribution in [0.1, 0.15) is 73.5 Å². The summed E-state index contributed by atoms with van der Waals surface area (Å²) in [6, 6.07) is 43.9. The standard InChI is InChI=1S/C54H56N6O10Si/c1-36(2)48(61)57-53-56-47-45(49(58-53)66-32-30-37-26-28-40(29-27-37)60(64)65)59(35-55-47)50-46(70-52(63)39-20-12-7-13-21-39)43(34-67-51(62)38-18-10-6-11-19-38)44(69-50)31-33-68-71(54(3,4)5,41-22-14-8-15-23-41)42-24-16-9-17-25-42/h6-29,35-36,43-44,46,50H,30-34H2,1-5H3,(H,56,57,58,61)/t43-,44-,46-,50-/m1/s1. The molecule has 1 N–H and O–H groups in total. The fourth-order valence-electron chi connectivity index (χ4n) is 8.89. The molecule has 0 radical (unpaired) electrons. The van der Waals surface area contributed by atoms with Crippen molar-refractivity contribution in [2.24, 2.45) is 11.8 Å². The second kappa shape index (κ2) is 22.0. The van der Waals surface area contributed by atoms with Crippen LogP contribution in [0.4, 0.5) is 11.6 Å². The lowest BCUT2D eigenvalue weighted by molar-refractivity contribution is -0.384. The van der Waals surface area contributed by atoms with Gasteiger partial charge in [0.25, 0.3) is 14.0 Å². The third kappa shape index (κ3) is 11.2. The summed E-state index contributed by atoms with van der Waals surface area (Å²) in [7, 11) is -3.03. The van der Waals surface area contributed by atoms with Crippen molar-refractivity contribution >= 4 is 59.3 Å². The first-order valence-corrected chi connectivity index (χ1v) is 25.4. The first kappa shape index (κ1) is 49.8. The summed E-state index contributed by atoms with van der Waals surface area (Å²) in [6.07, 6.45) is -0.826. The number of ether oxygens (including phenoxy) is 4. The van der Waals surface area contributed by atoms with E-state index in [2.05, 4.69) is 65.3 Å². The van der Waals surface area contributed by atoms with Crippen LogP contribution in [0.25, 0.3) is 11.2 Å². The van der Waals surface area contributed by atoms with E-state index in [1.807, 2.05) is 36.4 Å². The predicted octanol–water partition coefficient (Wildman–Crippen LogP) is 8.51. The Bertz CT molecular complexity index is 2900. The van der Waals surface area contributed by atoms with Crippen molar-refractivity contribution in [2.75, 3.05) is 25.1 Å². The number of anilines is 1. The molecule has 0 spiro atoms. The van der Waals surface area contributed by atoms with E-state index in [9.17, 15) is 24.5 Å². The Hall–Kier alpha value is -7.60. The molecule has 4 atom stereocenters. The molecule has 366 valence electrons. The van der Waals surface area contributed by atoms with E-state index >= 15 is 0 Å². The molecule has 1 aliphatic rings. The maximum Gasteiger partial charge on any atom is 0.338 e. The number of carbonyl (C=O) groups is 3. The number of nitro groups is 1. The first-order valence-electron chi connectivity index (χ1n) is 23.5. The normalized spacial score (nSPS) is 16.9. The maximum atomic E-state index is 14.2. The number of carbonyl (C=O) groups excluding carboxylic acids is 3. The Morgan fingerprint density at radius 1 is 0.789 bits per heavy atom. The molecule has 0 saturated carbocycles. The molecule has 17 heteroatoms. The van der Waals surface area contributed by atoms with Crippen molar-refractivity contribution in [3.8, 4) is 5.88 Å². The van der Waals surface area contributed by atoms with E-state index in [1.165, 1.54) is 18.5 Å². The molecule has 71 heavy (non-hydrogen) atoms. The second-order valence-corrected chi connectivity index (χ2v) is 22.9. The van der Waals surface area contributed by atoms with E-state index < -0.39 is 55.5 Å². The number of imidazole rings is 1. The zero-order chi connectivity index (χ0) is 50.1. The molecule has 1 amide bonds. The average molecular weight is 977 g/mol. The van der Waals surface area contributed by atoms with Gasteiger partial charge in [0.05, 0.1) is 34.7 Å². The maximum absolute atomic E-state index is 14.2. The molecule has 0 aliphatic carbocycles. The van der Waals surface area contributed by atoms with E-state index in [0.29, 0.717) is 24.0 Å². The minimum absolute atomic E-state index is 0.0377. The number of hydrogen-bond acceptors (Lipinski definition) is 13. The number of non-ortho nitro benzene ring substituents is 1. The minimum atomic E-state index is -3.03. The number of hydrogen-bond donors (Lipinski definition) is 1. The zero-order valence-electron chi connectivity index (χ0n) is 40.2. The molecule has 1 fully saturated rings. The summed E-state index contributed by atoms with van der Waals surface area (Å²) < 4.78 is 35.0. The van der Waals surface area contributed by atoms with Crippen LogP contribution in [-0.2, 0) is 29.9 Å². The zero-order valence-corrected chi connectivity index (χ0v) is 41.2. The highest BCUT2D eigenvalue weighted by Crippen LogP contribution is 2.42. The van der Waals surface area contributed by atoms with Crippen LogP contribution in [0, 0.1) is 22.0 Å². The number of nitro benzene ring substituents is 1. The Balaban J connectivity index is 1.19. The molecule has 1 aliphatic heterocycles. The van der Waals surface area contributed by atoms with Gasteiger partial charge in [-0.15, -0.1) is 0 Å². The number of nitrogens with one attached hydrogen (secondary N) is 1. The minimum Gasteiger partial charge on any atom is -0.476 e. The van der Waals surface area contributed by atoms with Crippen LogP contribution in [0.2, 0.25) is 5.04 Å². The van der Waals surface area contributed by atoms with E-state index in [0.717, 1.165) is 15.9 Å². The average Bonchev–Trinajstić information content (AvgIpc) is 3.95. The number of benzene rings is 5. The van der Waals surface area contributed by atoms with Crippen LogP contribution in [-0.4, -0.2) is 82.6 Å². The molecule has 7 aromatic rings. The fraction of sp³-hybridized carbons (Fsp3) is 0.296. The quantitative estimate of drug-likeness (QED) is 0.0351. The third-order valence-electron chi connectivity index (χ3n) is 12.5. The summed E-state index contributed by atoms with van der Waals surface area (Å²) in [5.41, 5.74) is 1.79. The van der Waals surface area contributed by atoms with Gasteiger partial charge in [-0.1, -0.05) is 144 Å². The Morgan fingerprint density at radius 3 is 1.93 bits per heavy atom. The molecular formula is C54H56N6O10Si. The van der Waals surface area contributed by atoms with Gasteiger partial charge in [-0.05, 0) is 51.7 Å². The Morgan fingerprint density at radius 2 is 1.37 bits per heavy atom. The number of fused-ring (bicyclic) bond motifs is 1. The highest BCUT2D eigenvalue weighted by molar-refractivity contribution is 6.99. The lowest BCUT2D eigenvalue weighted by Gasteiger charge is -2.43. The van der Waals surface area contributed by atoms with Gasteiger partial charge in [0.2, 0.25) is 17.7 Å². The SMILES string of the molecule is CC(C)C(=O)Nc1nc(OCCc2ccc([N+](=O)[O-])cc2)c2c(ncn2[C@@H]2O[C@H](CCO[Si](c3ccccc3)(c3ccccc3)C(C)(C)C)[C@@H](COC(=O)c3ccccc3)[C@H]2OC(=O)c2ccccc2)n1. The summed E-state index contributed by atoms with van der Waals surface area (Å²) in [4.78, 5) is 65.6. The second-order valence-electron chi connectivity index (χ2n) is 18.6. The predicted molar refractivity (Wildman–Crippen MR) is 269 cm³/mol. The van der Waals surface area contributed by atoms with Crippen molar-refractivity contribution in [3.05, 3.63) is 179 Å². The lowest BCUT2D eigenvalue weighted by atomic mass is 9.96. The summed E-state index contributed by atoms with van der Waals surface area (Å²) in [5, 5.41) is 15.9. The number of esters is 2. The molecule has 3 heterocycles. The molecular weight excluding hydrogens is 921 g/mol. The molecule has 5 aromatic carbocycles. The molecule has 16 nitrogen and oxygen atoms in total. The molecule has 8 rings (SSSR count). The first-order chi connectivity index (χ1) is 34.2. The molecule has 1 saturated heterocycles. The highest BCUT2D eigenvalue weighted by atomic mass is 28.4. The van der Waals surface area contributed by atoms with Crippen molar-refractivity contribution < 1.29 is 42.7 Å². The van der Waals surface area contributed by atoms with Gasteiger partial charge in [-0.3, -0.25) is 24.8 Å². The number of nitrogens with zero attached hydrogens (tertiary/aromatic N) is 5. The van der Waals surface area contributed by atoms with Crippen LogP contribution in [0.5, 0.6) is 5.88 Å². The monoisotopic (exact) mass is 976 g/mol.